The molecule has 2 unspecified atom stereocenters. The van der Waals surface area contributed by atoms with Gasteiger partial charge >= 0.3 is 12.2 Å². The maximum Gasteiger partial charge on any atom is 0.403 e. The van der Waals surface area contributed by atoms with Gasteiger partial charge in [0.25, 0.3) is 0 Å². The molecule has 0 saturated carbocycles. The van der Waals surface area contributed by atoms with Crippen LogP contribution in [0, 0.1) is 0 Å². The van der Waals surface area contributed by atoms with Gasteiger partial charge in [0.05, 0.1) is 0 Å². The van der Waals surface area contributed by atoms with Gasteiger partial charge in [0, 0.05) is 19.1 Å². The van der Waals surface area contributed by atoms with E-state index in [1.807, 2.05) is 6.92 Å². The van der Waals surface area contributed by atoms with Gasteiger partial charge in [-0.25, -0.2) is 4.79 Å². The number of amides is 2. The highest BCUT2D eigenvalue weighted by molar-refractivity contribution is 5.74. The molecule has 18 heavy (non-hydrogen) atoms. The van der Waals surface area contributed by atoms with Gasteiger partial charge in [0.1, 0.15) is 6.04 Å². The van der Waals surface area contributed by atoms with Gasteiger partial charge in [-0.05, 0) is 19.3 Å². The molecule has 0 aromatic heterocycles. The van der Waals surface area contributed by atoms with E-state index in [4.69, 9.17) is 0 Å². The molecule has 106 valence electrons. The van der Waals surface area contributed by atoms with Gasteiger partial charge in [-0.1, -0.05) is 13.3 Å². The molecule has 1 rings (SSSR count). The standard InChI is InChI=1S/C11H20F3N3O/c1-2-3-6-15-10(18)17-8-4-5-9(16-7-8)11(12,13)14/h8-9,16H,2-7H2,1H3,(H2,15,17,18). The summed E-state index contributed by atoms with van der Waals surface area (Å²) in [6.45, 7) is 2.76. The molecule has 4 nitrogen and oxygen atoms in total. The Labute approximate surface area is 105 Å². The van der Waals surface area contributed by atoms with Crippen LogP contribution in [0.3, 0.4) is 0 Å². The van der Waals surface area contributed by atoms with E-state index >= 15 is 0 Å². The zero-order valence-electron chi connectivity index (χ0n) is 10.4. The highest BCUT2D eigenvalue weighted by Gasteiger charge is 2.41. The van der Waals surface area contributed by atoms with E-state index in [9.17, 15) is 18.0 Å². The lowest BCUT2D eigenvalue weighted by Gasteiger charge is -2.31. The lowest BCUT2D eigenvalue weighted by atomic mass is 10.0. The second kappa shape index (κ2) is 6.82. The third-order valence-electron chi connectivity index (χ3n) is 2.96. The molecule has 0 bridgehead atoms. The van der Waals surface area contributed by atoms with E-state index in [1.165, 1.54) is 0 Å². The summed E-state index contributed by atoms with van der Waals surface area (Å²) in [5, 5.41) is 7.76. The number of nitrogens with one attached hydrogen (secondary N) is 3. The van der Waals surface area contributed by atoms with Gasteiger partial charge in [-0.3, -0.25) is 0 Å². The molecule has 1 heterocycles. The Bertz CT molecular complexity index is 263. The molecular weight excluding hydrogens is 247 g/mol. The first kappa shape index (κ1) is 15.1. The fourth-order valence-electron chi connectivity index (χ4n) is 1.87. The Morgan fingerprint density at radius 1 is 1.39 bits per heavy atom. The highest BCUT2D eigenvalue weighted by atomic mass is 19.4. The summed E-state index contributed by atoms with van der Waals surface area (Å²) in [7, 11) is 0. The quantitative estimate of drug-likeness (QED) is 0.680. The van der Waals surface area contributed by atoms with Crippen molar-refractivity contribution < 1.29 is 18.0 Å². The van der Waals surface area contributed by atoms with Crippen LogP contribution in [0.5, 0.6) is 0 Å². The zero-order valence-corrected chi connectivity index (χ0v) is 10.4. The number of piperidine rings is 1. The first-order valence-electron chi connectivity index (χ1n) is 6.28. The zero-order chi connectivity index (χ0) is 13.6. The summed E-state index contributed by atoms with van der Waals surface area (Å²) in [5.41, 5.74) is 0. The van der Waals surface area contributed by atoms with Crippen LogP contribution in [-0.4, -0.2) is 37.4 Å². The average molecular weight is 267 g/mol. The van der Waals surface area contributed by atoms with E-state index in [-0.39, 0.29) is 25.0 Å². The summed E-state index contributed by atoms with van der Waals surface area (Å²) in [6.07, 6.45) is -1.97. The third-order valence-corrected chi connectivity index (χ3v) is 2.96. The summed E-state index contributed by atoms with van der Waals surface area (Å²) in [4.78, 5) is 11.4. The van der Waals surface area contributed by atoms with Crippen molar-refractivity contribution in [1.82, 2.24) is 16.0 Å². The van der Waals surface area contributed by atoms with Crippen molar-refractivity contribution in [3.8, 4) is 0 Å². The maximum absolute atomic E-state index is 12.4. The van der Waals surface area contributed by atoms with Crippen molar-refractivity contribution >= 4 is 6.03 Å². The van der Waals surface area contributed by atoms with E-state index < -0.39 is 12.2 Å². The van der Waals surface area contributed by atoms with Crippen LogP contribution in [0.25, 0.3) is 0 Å². The van der Waals surface area contributed by atoms with Crippen molar-refractivity contribution in [1.29, 1.82) is 0 Å². The minimum atomic E-state index is -4.20. The summed E-state index contributed by atoms with van der Waals surface area (Å²) in [6, 6.07) is -1.98. The molecule has 1 aliphatic heterocycles. The summed E-state index contributed by atoms with van der Waals surface area (Å²) in [5.74, 6) is 0. The molecule has 7 heteroatoms. The average Bonchev–Trinajstić information content (AvgIpc) is 2.29. The Morgan fingerprint density at radius 2 is 2.11 bits per heavy atom. The topological polar surface area (TPSA) is 53.2 Å². The van der Waals surface area contributed by atoms with Gasteiger partial charge in [-0.15, -0.1) is 0 Å². The molecule has 0 aromatic carbocycles. The molecule has 3 N–H and O–H groups in total. The first-order valence-corrected chi connectivity index (χ1v) is 6.28. The predicted molar refractivity (Wildman–Crippen MR) is 62.3 cm³/mol. The van der Waals surface area contributed by atoms with Crippen molar-refractivity contribution in [2.45, 2.75) is 50.9 Å². The van der Waals surface area contributed by atoms with Crippen LogP contribution in [0.4, 0.5) is 18.0 Å². The molecule has 2 atom stereocenters. The molecule has 0 radical (unpaired) electrons. The Hall–Kier alpha value is -0.980. The minimum Gasteiger partial charge on any atom is -0.338 e. The molecule has 1 aliphatic rings. The van der Waals surface area contributed by atoms with E-state index in [0.717, 1.165) is 12.8 Å². The normalized spacial score (nSPS) is 24.7. The van der Waals surface area contributed by atoms with Gasteiger partial charge in [0.2, 0.25) is 0 Å². The smallest absolute Gasteiger partial charge is 0.338 e. The van der Waals surface area contributed by atoms with Crippen molar-refractivity contribution in [3.05, 3.63) is 0 Å². The lowest BCUT2D eigenvalue weighted by molar-refractivity contribution is -0.160. The molecular formula is C11H20F3N3O. The van der Waals surface area contributed by atoms with Crippen molar-refractivity contribution in [2.24, 2.45) is 0 Å². The number of urea groups is 1. The Morgan fingerprint density at radius 3 is 2.61 bits per heavy atom. The summed E-state index contributed by atoms with van der Waals surface area (Å²) >= 11 is 0. The molecule has 1 saturated heterocycles. The monoisotopic (exact) mass is 267 g/mol. The van der Waals surface area contributed by atoms with E-state index in [1.54, 1.807) is 0 Å². The summed E-state index contributed by atoms with van der Waals surface area (Å²) < 4.78 is 37.1. The van der Waals surface area contributed by atoms with Crippen LogP contribution in [0.1, 0.15) is 32.6 Å². The number of halogens is 3. The number of carbonyl (C=O) groups excluding carboxylic acids is 1. The van der Waals surface area contributed by atoms with E-state index in [0.29, 0.717) is 13.0 Å². The fraction of sp³-hybridized carbons (Fsp3) is 0.909. The lowest BCUT2D eigenvalue weighted by Crippen LogP contribution is -2.55. The first-order chi connectivity index (χ1) is 8.43. The maximum atomic E-state index is 12.4. The van der Waals surface area contributed by atoms with Crippen molar-refractivity contribution in [3.63, 3.8) is 0 Å². The molecule has 0 spiro atoms. The molecule has 0 aliphatic carbocycles. The van der Waals surface area contributed by atoms with Crippen LogP contribution >= 0.6 is 0 Å². The third kappa shape index (κ3) is 5.12. The largest absolute Gasteiger partial charge is 0.403 e. The number of hydrogen-bond acceptors (Lipinski definition) is 2. The number of rotatable bonds is 4. The van der Waals surface area contributed by atoms with Gasteiger partial charge < -0.3 is 16.0 Å². The van der Waals surface area contributed by atoms with Crippen molar-refractivity contribution in [2.75, 3.05) is 13.1 Å². The molecule has 1 fully saturated rings. The van der Waals surface area contributed by atoms with Gasteiger partial charge in [-0.2, -0.15) is 13.2 Å². The van der Waals surface area contributed by atoms with E-state index in [2.05, 4.69) is 16.0 Å². The highest BCUT2D eigenvalue weighted by Crippen LogP contribution is 2.25. The van der Waals surface area contributed by atoms with Crippen LogP contribution in [0.15, 0.2) is 0 Å². The fourth-order valence-corrected chi connectivity index (χ4v) is 1.87. The number of hydrogen-bond donors (Lipinski definition) is 3. The second-order valence-electron chi connectivity index (χ2n) is 4.53. The van der Waals surface area contributed by atoms with Crippen LogP contribution < -0.4 is 16.0 Å². The number of alkyl halides is 3. The van der Waals surface area contributed by atoms with Crippen LogP contribution in [-0.2, 0) is 0 Å². The second-order valence-corrected chi connectivity index (χ2v) is 4.53. The molecule has 0 aromatic rings. The molecule has 2 amide bonds. The number of carbonyl (C=O) groups is 1. The Kier molecular flexibility index (Phi) is 5.71. The Balaban J connectivity index is 2.21. The van der Waals surface area contributed by atoms with Gasteiger partial charge in [0.15, 0.2) is 0 Å². The number of unbranched alkanes of at least 4 members (excludes halogenated alkanes) is 1. The predicted octanol–water partition coefficient (Wildman–Crippen LogP) is 1.77. The SMILES string of the molecule is CCCCNC(=O)NC1CCC(C(F)(F)F)NC1. The van der Waals surface area contributed by atoms with Crippen LogP contribution in [0.2, 0.25) is 0 Å². The minimum absolute atomic E-state index is 0.00338.